The average Bonchev–Trinajstić information content (AvgIpc) is 3.36. The normalized spacial score (nSPS) is 12.2. The third-order valence-electron chi connectivity index (χ3n) is 5.89. The van der Waals surface area contributed by atoms with E-state index in [2.05, 4.69) is 27.2 Å². The maximum atomic E-state index is 12.6. The fraction of sp³-hybridized carbons (Fsp3) is 0.333. The number of nitrogens with zero attached hydrogens (tertiary/aromatic N) is 4. The molecule has 0 aliphatic rings. The smallest absolute Gasteiger partial charge is 0.489 e. The van der Waals surface area contributed by atoms with Gasteiger partial charge in [0.25, 0.3) is 12.3 Å². The lowest BCUT2D eigenvalue weighted by Crippen LogP contribution is -2.25. The van der Waals surface area contributed by atoms with Crippen molar-refractivity contribution in [3.63, 3.8) is 0 Å². The summed E-state index contributed by atoms with van der Waals surface area (Å²) in [6.07, 6.45) is 4.15. The second kappa shape index (κ2) is 13.6. The first-order valence-electron chi connectivity index (χ1n) is 12.7. The van der Waals surface area contributed by atoms with Crippen LogP contribution in [-0.2, 0) is 22.3 Å². The van der Waals surface area contributed by atoms with Crippen LogP contribution >= 0.6 is 8.03 Å². The fourth-order valence-corrected chi connectivity index (χ4v) is 4.58. The molecule has 4 aromatic rings. The van der Waals surface area contributed by atoms with Crippen molar-refractivity contribution in [2.75, 3.05) is 25.2 Å². The first-order valence-corrected chi connectivity index (χ1v) is 14.1. The van der Waals surface area contributed by atoms with Crippen LogP contribution in [0.3, 0.4) is 0 Å². The highest BCUT2D eigenvalue weighted by Gasteiger charge is 2.24. The van der Waals surface area contributed by atoms with Gasteiger partial charge in [-0.1, -0.05) is 31.2 Å². The predicted octanol–water partition coefficient (Wildman–Crippen LogP) is 4.35. The summed E-state index contributed by atoms with van der Waals surface area (Å²) in [5.41, 5.74) is 8.78. The quantitative estimate of drug-likeness (QED) is 0.173. The van der Waals surface area contributed by atoms with E-state index in [1.807, 2.05) is 31.2 Å². The fourth-order valence-electron chi connectivity index (χ4n) is 3.78. The number of nitrogen functional groups attached to an aromatic ring is 1. The van der Waals surface area contributed by atoms with E-state index in [1.165, 1.54) is 11.9 Å². The molecule has 1 amide bonds. The van der Waals surface area contributed by atoms with Crippen molar-refractivity contribution in [1.82, 2.24) is 24.8 Å². The average molecular weight is 552 g/mol. The van der Waals surface area contributed by atoms with Crippen LogP contribution in [0.1, 0.15) is 36.2 Å². The molecule has 0 radical (unpaired) electrons. The molecule has 0 aliphatic heterocycles. The summed E-state index contributed by atoms with van der Waals surface area (Å²) in [5.74, 6) is 1.03. The number of rotatable bonds is 14. The van der Waals surface area contributed by atoms with Crippen LogP contribution in [0.15, 0.2) is 61.2 Å². The molecule has 12 heteroatoms. The van der Waals surface area contributed by atoms with Crippen LogP contribution in [0.2, 0.25) is 0 Å². The van der Waals surface area contributed by atoms with E-state index in [0.717, 1.165) is 6.42 Å². The van der Waals surface area contributed by atoms with Crippen LogP contribution in [0.4, 0.5) is 5.82 Å². The molecule has 0 fully saturated rings. The number of hydrogen-bond donors (Lipinski definition) is 2. The second-order valence-electron chi connectivity index (χ2n) is 8.81. The number of ether oxygens (including phenoxy) is 2. The monoisotopic (exact) mass is 551 g/mol. The maximum absolute atomic E-state index is 12.6. The second-order valence-corrected chi connectivity index (χ2v) is 9.92. The Bertz CT molecular complexity index is 1410. The predicted molar refractivity (Wildman–Crippen MR) is 148 cm³/mol. The molecule has 4 rings (SSSR count). The lowest BCUT2D eigenvalue weighted by molar-refractivity contribution is 0.0851. The molecule has 2 atom stereocenters. The van der Waals surface area contributed by atoms with E-state index >= 15 is 0 Å². The number of aromatic nitrogens is 4. The van der Waals surface area contributed by atoms with Gasteiger partial charge in [-0.15, -0.1) is 0 Å². The Kier molecular flexibility index (Phi) is 9.77. The molecule has 11 nitrogen and oxygen atoms in total. The summed E-state index contributed by atoms with van der Waals surface area (Å²) in [5, 5.41) is 2.89. The molecule has 2 heterocycles. The highest BCUT2D eigenvalue weighted by molar-refractivity contribution is 7.39. The van der Waals surface area contributed by atoms with E-state index in [4.69, 9.17) is 19.7 Å². The lowest BCUT2D eigenvalue weighted by atomic mass is 10.1. The van der Waals surface area contributed by atoms with E-state index < -0.39 is 8.03 Å². The van der Waals surface area contributed by atoms with Gasteiger partial charge in [0.2, 0.25) is 5.75 Å². The largest absolute Gasteiger partial charge is 0.585 e. The summed E-state index contributed by atoms with van der Waals surface area (Å²) >= 11 is 0. The lowest BCUT2D eigenvalue weighted by Gasteiger charge is -2.11. The zero-order valence-corrected chi connectivity index (χ0v) is 22.8. The molecule has 0 aliphatic carbocycles. The van der Waals surface area contributed by atoms with Crippen molar-refractivity contribution in [2.45, 2.75) is 39.3 Å². The Balaban J connectivity index is 1.19. The third-order valence-corrected chi connectivity index (χ3v) is 6.65. The van der Waals surface area contributed by atoms with Gasteiger partial charge in [0, 0.05) is 12.1 Å². The van der Waals surface area contributed by atoms with E-state index in [1.54, 1.807) is 35.2 Å². The van der Waals surface area contributed by atoms with Crippen molar-refractivity contribution < 1.29 is 23.4 Å². The minimum Gasteiger partial charge on any atom is -0.489 e. The molecule has 0 saturated heterocycles. The van der Waals surface area contributed by atoms with Gasteiger partial charge in [-0.05, 0) is 54.2 Å². The number of amides is 1. The van der Waals surface area contributed by atoms with Crippen LogP contribution in [0.5, 0.6) is 11.5 Å². The molecule has 3 N–H and O–H groups in total. The molecule has 2 aromatic heterocycles. The number of imidazole rings is 1. The molecule has 0 bridgehead atoms. The van der Waals surface area contributed by atoms with E-state index in [-0.39, 0.29) is 18.4 Å². The number of fused-ring (bicyclic) bond motifs is 1. The van der Waals surface area contributed by atoms with Gasteiger partial charge in [-0.3, -0.25) is 4.79 Å². The van der Waals surface area contributed by atoms with Crippen molar-refractivity contribution >= 4 is 30.9 Å². The van der Waals surface area contributed by atoms with Crippen molar-refractivity contribution in [3.05, 3.63) is 72.3 Å². The number of carbonyl (C=O) groups is 1. The summed E-state index contributed by atoms with van der Waals surface area (Å²) in [4.78, 5) is 24.7. The number of benzene rings is 2. The first-order chi connectivity index (χ1) is 18.9. The van der Waals surface area contributed by atoms with Gasteiger partial charge in [0.1, 0.15) is 11.8 Å². The standard InChI is InChI=1S/C27H31N6O5P/c1-3-20-9-11-21(12-10-20)27(34)29-13-6-14-36-22-7-4-5-8-23(22)38-39(35)18-37-19(2)15-33-17-32-24-25(28)30-16-31-26(24)33/h4-5,7-12,16-17,19H,3,6,13-15,18H2,1-2H3,(H2-,28,29,30,31,34)/p+1. The van der Waals surface area contributed by atoms with E-state index in [9.17, 15) is 9.36 Å². The van der Waals surface area contributed by atoms with Crippen molar-refractivity contribution in [1.29, 1.82) is 0 Å². The minimum absolute atomic E-state index is 0.0974. The molecular weight excluding hydrogens is 519 g/mol. The highest BCUT2D eigenvalue weighted by Crippen LogP contribution is 2.35. The maximum Gasteiger partial charge on any atom is 0.585 e. The molecule has 0 spiro atoms. The molecule has 2 aromatic carbocycles. The number of anilines is 1. The van der Waals surface area contributed by atoms with Crippen molar-refractivity contribution in [3.8, 4) is 11.5 Å². The topological polar surface area (TPSA) is 143 Å². The molecule has 39 heavy (non-hydrogen) atoms. The Morgan fingerprint density at radius 1 is 1.10 bits per heavy atom. The zero-order chi connectivity index (χ0) is 27.6. The van der Waals surface area contributed by atoms with Gasteiger partial charge in [0.15, 0.2) is 17.2 Å². The number of nitrogens with one attached hydrogen (secondary N) is 1. The number of aryl methyl sites for hydroxylation is 1. The summed E-state index contributed by atoms with van der Waals surface area (Å²) in [6.45, 7) is 5.19. The third kappa shape index (κ3) is 7.72. The Morgan fingerprint density at radius 3 is 2.64 bits per heavy atom. The van der Waals surface area contributed by atoms with E-state index in [0.29, 0.717) is 60.2 Å². The molecular formula is C27H32N6O5P+. The molecule has 204 valence electrons. The van der Waals surface area contributed by atoms with Gasteiger partial charge in [0.05, 0.1) is 25.6 Å². The number of para-hydroxylation sites is 2. The van der Waals surface area contributed by atoms with Crippen LogP contribution in [0.25, 0.3) is 11.2 Å². The Morgan fingerprint density at radius 2 is 1.87 bits per heavy atom. The van der Waals surface area contributed by atoms with Crippen LogP contribution < -0.4 is 20.3 Å². The number of nitrogens with two attached hydrogens (primary N) is 1. The van der Waals surface area contributed by atoms with Crippen LogP contribution in [-0.4, -0.2) is 51.0 Å². The summed E-state index contributed by atoms with van der Waals surface area (Å²) < 4.78 is 31.6. The van der Waals surface area contributed by atoms with Gasteiger partial charge < -0.3 is 25.1 Å². The molecule has 0 saturated carbocycles. The van der Waals surface area contributed by atoms with Gasteiger partial charge in [-0.25, -0.2) is 19.5 Å². The summed E-state index contributed by atoms with van der Waals surface area (Å²) in [6, 6.07) is 14.6. The van der Waals surface area contributed by atoms with Gasteiger partial charge >= 0.3 is 8.03 Å². The number of carbonyl (C=O) groups excluding carboxylic acids is 1. The minimum atomic E-state index is -2.15. The zero-order valence-electron chi connectivity index (χ0n) is 21.9. The highest BCUT2D eigenvalue weighted by atomic mass is 31.1. The van der Waals surface area contributed by atoms with Crippen LogP contribution in [0, 0.1) is 0 Å². The molecule has 2 unspecified atom stereocenters. The van der Waals surface area contributed by atoms with Crippen molar-refractivity contribution in [2.24, 2.45) is 0 Å². The van der Waals surface area contributed by atoms with Gasteiger partial charge in [-0.2, -0.15) is 0 Å². The Labute approximate surface area is 227 Å². The summed E-state index contributed by atoms with van der Waals surface area (Å²) in [7, 11) is -2.15. The SMILES string of the molecule is CCc1ccc(C(=O)NCCCOc2ccccc2O[P+](=O)COC(C)Cn2cnc3c(N)ncnc32)cc1. The Hall–Kier alpha value is -4.08. The number of hydrogen-bond acceptors (Lipinski definition) is 9. The first kappa shape index (κ1) is 27.9.